The molecule has 10 heteroatoms. The van der Waals surface area contributed by atoms with Crippen molar-refractivity contribution in [3.8, 4) is 0 Å². The molecule has 22 heavy (non-hydrogen) atoms. The third kappa shape index (κ3) is 4.80. The molecule has 6 N–H and O–H groups in total. The van der Waals surface area contributed by atoms with Crippen molar-refractivity contribution in [2.45, 2.75) is 24.4 Å². The molecule has 1 rings (SSSR count). The van der Waals surface area contributed by atoms with Gasteiger partial charge in [0.25, 0.3) is 0 Å². The van der Waals surface area contributed by atoms with Gasteiger partial charge in [0.05, 0.1) is 19.8 Å². The molecule has 1 heterocycles. The molecule has 0 aromatic carbocycles. The van der Waals surface area contributed by atoms with Crippen molar-refractivity contribution < 1.29 is 49.6 Å². The van der Waals surface area contributed by atoms with Crippen LogP contribution in [0.1, 0.15) is 0 Å². The zero-order chi connectivity index (χ0) is 16.7. The summed E-state index contributed by atoms with van der Waals surface area (Å²) in [6.45, 7) is -2.75. The Kier molecular flexibility index (Phi) is 7.51. The number of aliphatic hydroxyl groups excluding tert-OH is 6. The quantitative estimate of drug-likeness (QED) is 0.219. The molecular weight excluding hydrogens is 304 g/mol. The summed E-state index contributed by atoms with van der Waals surface area (Å²) in [6.07, 6.45) is -5.30. The Balaban J connectivity index is 2.88. The number of esters is 1. The van der Waals surface area contributed by atoms with Crippen molar-refractivity contribution in [1.29, 1.82) is 0 Å². The maximum Gasteiger partial charge on any atom is 0.378 e. The molecule has 0 radical (unpaired) electrons. The number of aliphatic hydroxyl groups is 6. The smallest absolute Gasteiger partial charge is 0.378 e. The normalized spacial score (nSPS) is 22.3. The molecule has 0 aromatic heterocycles. The van der Waals surface area contributed by atoms with E-state index in [1.165, 1.54) is 0 Å². The van der Waals surface area contributed by atoms with Gasteiger partial charge in [-0.1, -0.05) is 0 Å². The Hall–Kier alpha value is -1.43. The first-order chi connectivity index (χ1) is 10.4. The fourth-order valence-electron chi connectivity index (χ4n) is 1.55. The predicted octanol–water partition coefficient (Wildman–Crippen LogP) is -3.78. The molecule has 0 saturated carbocycles. The summed E-state index contributed by atoms with van der Waals surface area (Å²) in [5, 5.41) is 54.5. The van der Waals surface area contributed by atoms with E-state index in [9.17, 15) is 20.1 Å². The van der Waals surface area contributed by atoms with Gasteiger partial charge in [0.2, 0.25) is 5.76 Å². The van der Waals surface area contributed by atoms with Gasteiger partial charge in [0.1, 0.15) is 31.5 Å². The summed E-state index contributed by atoms with van der Waals surface area (Å²) < 4.78 is 14.9. The van der Waals surface area contributed by atoms with Gasteiger partial charge in [0, 0.05) is 0 Å². The van der Waals surface area contributed by atoms with Crippen LogP contribution in [0.5, 0.6) is 0 Å². The Labute approximate surface area is 125 Å². The first kappa shape index (κ1) is 18.6. The molecule has 2 unspecified atom stereocenters. The highest BCUT2D eigenvalue weighted by atomic mass is 16.6. The molecule has 0 amide bonds. The zero-order valence-corrected chi connectivity index (χ0v) is 11.7. The van der Waals surface area contributed by atoms with Crippen LogP contribution in [0, 0.1) is 0 Å². The van der Waals surface area contributed by atoms with Crippen LogP contribution in [0.3, 0.4) is 0 Å². The molecule has 0 saturated heterocycles. The van der Waals surface area contributed by atoms with E-state index in [4.69, 9.17) is 29.5 Å². The first-order valence-corrected chi connectivity index (χ1v) is 6.52. The van der Waals surface area contributed by atoms with Crippen LogP contribution in [-0.4, -0.2) is 94.1 Å². The second kappa shape index (κ2) is 8.88. The first-order valence-electron chi connectivity index (χ1n) is 6.52. The maximum atomic E-state index is 11.7. The topological polar surface area (TPSA) is 166 Å². The lowest BCUT2D eigenvalue weighted by Crippen LogP contribution is -2.33. The number of hydrogen-bond acceptors (Lipinski definition) is 10. The number of rotatable bonds is 10. The molecule has 1 aliphatic rings. The van der Waals surface area contributed by atoms with E-state index in [0.29, 0.717) is 0 Å². The van der Waals surface area contributed by atoms with Gasteiger partial charge in [-0.3, -0.25) is 0 Å². The van der Waals surface area contributed by atoms with Crippen molar-refractivity contribution in [3.05, 3.63) is 11.5 Å². The third-order valence-electron chi connectivity index (χ3n) is 2.71. The lowest BCUT2D eigenvalue weighted by atomic mass is 10.2. The van der Waals surface area contributed by atoms with Crippen LogP contribution in [0.4, 0.5) is 0 Å². The van der Waals surface area contributed by atoms with Crippen molar-refractivity contribution >= 4 is 5.97 Å². The lowest BCUT2D eigenvalue weighted by Gasteiger charge is -2.19. The molecule has 0 bridgehead atoms. The van der Waals surface area contributed by atoms with Gasteiger partial charge in [-0.05, 0) is 0 Å². The Morgan fingerprint density at radius 2 is 1.50 bits per heavy atom. The largest absolute Gasteiger partial charge is 0.487 e. The molecule has 128 valence electrons. The molecule has 0 fully saturated rings. The Morgan fingerprint density at radius 3 is 2.00 bits per heavy atom. The van der Waals surface area contributed by atoms with Crippen molar-refractivity contribution in [2.75, 3.05) is 33.0 Å². The Bertz CT molecular complexity index is 395. The molecule has 4 atom stereocenters. The van der Waals surface area contributed by atoms with E-state index in [1.54, 1.807) is 0 Å². The van der Waals surface area contributed by atoms with E-state index < -0.39 is 69.2 Å². The molecule has 10 nitrogen and oxygen atoms in total. The standard InChI is InChI=1S/C12H20O10/c13-1-6(16)4-20-10-9(8(18)3-15)22-12(19)11(10)21-5-7(17)2-14/h6-9,13-18H,1-5H2/t6?,7?,8-,9-/m1/s1. The highest BCUT2D eigenvalue weighted by Crippen LogP contribution is 2.27. The minimum absolute atomic E-state index is 0.274. The second-order valence-corrected chi connectivity index (χ2v) is 4.56. The van der Waals surface area contributed by atoms with Crippen LogP contribution in [0.25, 0.3) is 0 Å². The fraction of sp³-hybridized carbons (Fsp3) is 0.750. The number of hydrogen-bond donors (Lipinski definition) is 6. The molecule has 0 spiro atoms. The van der Waals surface area contributed by atoms with E-state index in [0.717, 1.165) is 0 Å². The van der Waals surface area contributed by atoms with Crippen molar-refractivity contribution in [2.24, 2.45) is 0 Å². The van der Waals surface area contributed by atoms with Crippen LogP contribution in [0.2, 0.25) is 0 Å². The minimum atomic E-state index is -1.48. The van der Waals surface area contributed by atoms with Crippen molar-refractivity contribution in [1.82, 2.24) is 0 Å². The van der Waals surface area contributed by atoms with E-state index in [1.807, 2.05) is 0 Å². The predicted molar refractivity (Wildman–Crippen MR) is 68.1 cm³/mol. The van der Waals surface area contributed by atoms with Crippen LogP contribution in [0.15, 0.2) is 11.5 Å². The van der Waals surface area contributed by atoms with Gasteiger partial charge >= 0.3 is 5.97 Å². The summed E-state index contributed by atoms with van der Waals surface area (Å²) in [7, 11) is 0. The minimum Gasteiger partial charge on any atom is -0.487 e. The summed E-state index contributed by atoms with van der Waals surface area (Å²) >= 11 is 0. The highest BCUT2D eigenvalue weighted by Gasteiger charge is 2.42. The summed E-state index contributed by atoms with van der Waals surface area (Å²) in [5.41, 5.74) is 0. The lowest BCUT2D eigenvalue weighted by molar-refractivity contribution is -0.149. The van der Waals surface area contributed by atoms with Gasteiger partial charge < -0.3 is 44.8 Å². The van der Waals surface area contributed by atoms with Gasteiger partial charge in [-0.2, -0.15) is 0 Å². The van der Waals surface area contributed by atoms with Gasteiger partial charge in [0.15, 0.2) is 11.9 Å². The average molecular weight is 324 g/mol. The monoisotopic (exact) mass is 324 g/mol. The number of ether oxygens (including phenoxy) is 3. The molecule has 0 aliphatic carbocycles. The number of cyclic esters (lactones) is 1. The van der Waals surface area contributed by atoms with Gasteiger partial charge in [-0.25, -0.2) is 4.79 Å². The zero-order valence-electron chi connectivity index (χ0n) is 11.7. The van der Waals surface area contributed by atoms with Gasteiger partial charge in [-0.15, -0.1) is 0 Å². The summed E-state index contributed by atoms with van der Waals surface area (Å²) in [4.78, 5) is 11.7. The number of carbonyl (C=O) groups excluding carboxylic acids is 1. The summed E-state index contributed by atoms with van der Waals surface area (Å²) in [6, 6.07) is 0. The summed E-state index contributed by atoms with van der Waals surface area (Å²) in [5.74, 6) is -1.71. The van der Waals surface area contributed by atoms with Crippen molar-refractivity contribution in [3.63, 3.8) is 0 Å². The van der Waals surface area contributed by atoms with E-state index in [-0.39, 0.29) is 5.76 Å². The van der Waals surface area contributed by atoms with E-state index >= 15 is 0 Å². The average Bonchev–Trinajstić information content (AvgIpc) is 2.85. The maximum absolute atomic E-state index is 11.7. The fourth-order valence-corrected chi connectivity index (χ4v) is 1.55. The third-order valence-corrected chi connectivity index (χ3v) is 2.71. The molecule has 1 aliphatic heterocycles. The molecule has 0 aromatic rings. The molecular formula is C12H20O10. The van der Waals surface area contributed by atoms with Crippen LogP contribution >= 0.6 is 0 Å². The SMILES string of the molecule is O=C1O[C@H]([C@H](O)CO)C(OCC(O)CO)=C1OCC(O)CO. The van der Waals surface area contributed by atoms with E-state index in [2.05, 4.69) is 0 Å². The van der Waals surface area contributed by atoms with Crippen LogP contribution in [-0.2, 0) is 19.0 Å². The highest BCUT2D eigenvalue weighted by molar-refractivity contribution is 5.89. The van der Waals surface area contributed by atoms with Crippen LogP contribution < -0.4 is 0 Å². The second-order valence-electron chi connectivity index (χ2n) is 4.56. The Morgan fingerprint density at radius 1 is 0.955 bits per heavy atom. The number of carbonyl (C=O) groups is 1.